The molecule has 0 aliphatic carbocycles. The fourth-order valence-electron chi connectivity index (χ4n) is 3.36. The van der Waals surface area contributed by atoms with E-state index in [2.05, 4.69) is 16.0 Å². The lowest BCUT2D eigenvalue weighted by atomic mass is 10.0. The number of nitrogens with one attached hydrogen (secondary N) is 3. The fourth-order valence-corrected chi connectivity index (χ4v) is 3.85. The molecule has 1 aromatic rings. The van der Waals surface area contributed by atoms with Crippen LogP contribution in [0.4, 0.5) is 0 Å². The number of primary amides is 1. The zero-order valence-electron chi connectivity index (χ0n) is 20.9. The van der Waals surface area contributed by atoms with Crippen molar-refractivity contribution in [3.8, 4) is 0 Å². The highest BCUT2D eigenvalue weighted by atomic mass is 32.2. The number of carbonyl (C=O) groups is 5. The Kier molecular flexibility index (Phi) is 13.6. The Morgan fingerprint density at radius 1 is 0.917 bits per heavy atom. The summed E-state index contributed by atoms with van der Waals surface area (Å²) >= 11 is 1.54. The number of rotatable bonds is 16. The van der Waals surface area contributed by atoms with Gasteiger partial charge < -0.3 is 32.5 Å². The van der Waals surface area contributed by atoms with Gasteiger partial charge in [0.1, 0.15) is 18.1 Å². The molecular weight excluding hydrogens is 486 g/mol. The fraction of sp³-hybridized carbons (Fsp3) is 0.542. The number of hydrogen-bond donors (Lipinski definition) is 6. The van der Waals surface area contributed by atoms with Gasteiger partial charge in [0.15, 0.2) is 0 Å². The molecule has 0 fully saturated rings. The van der Waals surface area contributed by atoms with Crippen molar-refractivity contribution in [2.45, 2.75) is 63.7 Å². The quantitative estimate of drug-likeness (QED) is 0.171. The average molecular weight is 524 g/mol. The van der Waals surface area contributed by atoms with Crippen LogP contribution in [-0.2, 0) is 30.4 Å². The van der Waals surface area contributed by atoms with Gasteiger partial charge in [-0.2, -0.15) is 11.8 Å². The molecule has 8 N–H and O–H groups in total. The van der Waals surface area contributed by atoms with Crippen LogP contribution in [0.15, 0.2) is 30.3 Å². The van der Waals surface area contributed by atoms with E-state index >= 15 is 0 Å². The Balaban J connectivity index is 2.98. The van der Waals surface area contributed by atoms with E-state index in [4.69, 9.17) is 11.5 Å². The van der Waals surface area contributed by atoms with E-state index in [0.29, 0.717) is 17.7 Å². The molecule has 11 nitrogen and oxygen atoms in total. The standard InChI is InChI=1S/C24H37N5O6S/c1-14(2)11-17(27-21(31)16(25)9-10-36-3)22(32)28-18(13-20(26)30)23(33)29-19(24(34)35)12-15-7-5-4-6-8-15/h4-8,14,16-19H,9-13,25H2,1-3H3,(H2,26,30)(H,27,31)(H,28,32)(H,29,33)(H,34,35). The molecule has 0 heterocycles. The SMILES string of the molecule is CSCCC(N)C(=O)NC(CC(C)C)C(=O)NC(CC(N)=O)C(=O)NC(Cc1ccccc1)C(=O)O. The second-order valence-electron chi connectivity index (χ2n) is 8.90. The summed E-state index contributed by atoms with van der Waals surface area (Å²) in [6, 6.07) is 4.14. The molecule has 0 aliphatic rings. The van der Waals surface area contributed by atoms with Crippen molar-refractivity contribution in [2.75, 3.05) is 12.0 Å². The summed E-state index contributed by atoms with van der Waals surface area (Å²) in [5.41, 5.74) is 11.9. The third kappa shape index (κ3) is 11.5. The van der Waals surface area contributed by atoms with Gasteiger partial charge in [-0.3, -0.25) is 19.2 Å². The number of benzene rings is 1. The van der Waals surface area contributed by atoms with E-state index in [-0.39, 0.29) is 18.8 Å². The zero-order valence-corrected chi connectivity index (χ0v) is 21.7. The van der Waals surface area contributed by atoms with E-state index < -0.39 is 60.2 Å². The monoisotopic (exact) mass is 523 g/mol. The van der Waals surface area contributed by atoms with Crippen molar-refractivity contribution in [3.63, 3.8) is 0 Å². The number of thioether (sulfide) groups is 1. The van der Waals surface area contributed by atoms with Crippen LogP contribution in [0.1, 0.15) is 38.7 Å². The maximum atomic E-state index is 13.0. The molecule has 0 spiro atoms. The Hall–Kier alpha value is -3.12. The molecule has 4 unspecified atom stereocenters. The molecule has 36 heavy (non-hydrogen) atoms. The number of hydrogen-bond acceptors (Lipinski definition) is 7. The van der Waals surface area contributed by atoms with Crippen LogP contribution in [0.25, 0.3) is 0 Å². The number of nitrogens with two attached hydrogens (primary N) is 2. The molecule has 200 valence electrons. The minimum absolute atomic E-state index is 0.000876. The van der Waals surface area contributed by atoms with Crippen LogP contribution >= 0.6 is 11.8 Å². The number of aliphatic carboxylic acids is 1. The predicted molar refractivity (Wildman–Crippen MR) is 138 cm³/mol. The van der Waals surface area contributed by atoms with Gasteiger partial charge in [0, 0.05) is 6.42 Å². The van der Waals surface area contributed by atoms with Gasteiger partial charge in [-0.1, -0.05) is 44.2 Å². The zero-order chi connectivity index (χ0) is 27.3. The summed E-state index contributed by atoms with van der Waals surface area (Å²) in [6.45, 7) is 3.71. The van der Waals surface area contributed by atoms with Crippen LogP contribution < -0.4 is 27.4 Å². The van der Waals surface area contributed by atoms with Gasteiger partial charge in [-0.25, -0.2) is 4.79 Å². The molecule has 0 radical (unpaired) electrons. The third-order valence-corrected chi connectivity index (χ3v) is 5.89. The molecule has 4 atom stereocenters. The minimum atomic E-state index is -1.43. The van der Waals surface area contributed by atoms with E-state index in [1.54, 1.807) is 30.3 Å². The molecule has 12 heteroatoms. The highest BCUT2D eigenvalue weighted by Gasteiger charge is 2.31. The molecule has 4 amide bonds. The van der Waals surface area contributed by atoms with Crippen LogP contribution in [0.2, 0.25) is 0 Å². The highest BCUT2D eigenvalue weighted by molar-refractivity contribution is 7.98. The van der Waals surface area contributed by atoms with E-state index in [0.717, 1.165) is 0 Å². The molecule has 1 rings (SSSR count). The summed E-state index contributed by atoms with van der Waals surface area (Å²) in [5.74, 6) is -3.55. The second kappa shape index (κ2) is 15.8. The number of carboxylic acid groups (broad SMARTS) is 1. The van der Waals surface area contributed by atoms with Gasteiger partial charge in [0.2, 0.25) is 23.6 Å². The lowest BCUT2D eigenvalue weighted by Gasteiger charge is -2.25. The van der Waals surface area contributed by atoms with E-state index in [9.17, 15) is 29.1 Å². The van der Waals surface area contributed by atoms with Gasteiger partial charge >= 0.3 is 5.97 Å². The first-order valence-corrected chi connectivity index (χ1v) is 13.0. The van der Waals surface area contributed by atoms with Crippen LogP contribution in [-0.4, -0.2) is 70.9 Å². The van der Waals surface area contributed by atoms with Crippen molar-refractivity contribution in [1.82, 2.24) is 16.0 Å². The highest BCUT2D eigenvalue weighted by Crippen LogP contribution is 2.09. The Morgan fingerprint density at radius 3 is 2.00 bits per heavy atom. The maximum absolute atomic E-state index is 13.0. The van der Waals surface area contributed by atoms with Crippen molar-refractivity contribution in [1.29, 1.82) is 0 Å². The van der Waals surface area contributed by atoms with Crippen LogP contribution in [0, 0.1) is 5.92 Å². The number of amides is 4. The Labute approximate surface area is 215 Å². The summed E-state index contributed by atoms with van der Waals surface area (Å²) in [5, 5.41) is 17.0. The van der Waals surface area contributed by atoms with Crippen LogP contribution in [0.3, 0.4) is 0 Å². The van der Waals surface area contributed by atoms with Gasteiger partial charge in [-0.15, -0.1) is 0 Å². The van der Waals surface area contributed by atoms with Gasteiger partial charge in [0.05, 0.1) is 12.5 Å². The topological polar surface area (TPSA) is 194 Å². The van der Waals surface area contributed by atoms with Crippen molar-refractivity contribution in [2.24, 2.45) is 17.4 Å². The van der Waals surface area contributed by atoms with Crippen molar-refractivity contribution < 1.29 is 29.1 Å². The largest absolute Gasteiger partial charge is 0.480 e. The van der Waals surface area contributed by atoms with Gasteiger partial charge in [0.25, 0.3) is 0 Å². The molecule has 0 saturated carbocycles. The smallest absolute Gasteiger partial charge is 0.326 e. The first kappa shape index (κ1) is 30.9. The molecule has 1 aromatic carbocycles. The summed E-state index contributed by atoms with van der Waals surface area (Å²) < 4.78 is 0. The normalized spacial score (nSPS) is 14.2. The number of carboxylic acids is 1. The Morgan fingerprint density at radius 2 is 1.47 bits per heavy atom. The van der Waals surface area contributed by atoms with Crippen LogP contribution in [0.5, 0.6) is 0 Å². The lowest BCUT2D eigenvalue weighted by molar-refractivity contribution is -0.142. The number of carbonyl (C=O) groups excluding carboxylic acids is 4. The first-order valence-electron chi connectivity index (χ1n) is 11.6. The predicted octanol–water partition coefficient (Wildman–Crippen LogP) is -0.230. The molecule has 0 bridgehead atoms. The van der Waals surface area contributed by atoms with Gasteiger partial charge in [-0.05, 0) is 36.3 Å². The molecule has 0 saturated heterocycles. The summed E-state index contributed by atoms with van der Waals surface area (Å²) in [4.78, 5) is 61.8. The molecule has 0 aliphatic heterocycles. The maximum Gasteiger partial charge on any atom is 0.326 e. The second-order valence-corrected chi connectivity index (χ2v) is 9.89. The summed E-state index contributed by atoms with van der Waals surface area (Å²) in [7, 11) is 0. The van der Waals surface area contributed by atoms with E-state index in [1.807, 2.05) is 20.1 Å². The Bertz CT molecular complexity index is 898. The summed E-state index contributed by atoms with van der Waals surface area (Å²) in [6.07, 6.45) is 2.01. The lowest BCUT2D eigenvalue weighted by Crippen LogP contribution is -2.58. The molecule has 0 aromatic heterocycles. The van der Waals surface area contributed by atoms with Crippen molar-refractivity contribution >= 4 is 41.4 Å². The van der Waals surface area contributed by atoms with E-state index in [1.165, 1.54) is 11.8 Å². The minimum Gasteiger partial charge on any atom is -0.480 e. The third-order valence-electron chi connectivity index (χ3n) is 5.25. The average Bonchev–Trinajstić information content (AvgIpc) is 2.80. The molecular formula is C24H37N5O6S. The first-order chi connectivity index (χ1) is 16.9. The van der Waals surface area contributed by atoms with Crippen molar-refractivity contribution in [3.05, 3.63) is 35.9 Å².